The van der Waals surface area contributed by atoms with Gasteiger partial charge in [0.15, 0.2) is 0 Å². The topological polar surface area (TPSA) is 26.7 Å². The Morgan fingerprint density at radius 3 is 2.28 bits per heavy atom. The Kier molecular flexibility index (Phi) is 4.81. The number of hydrogen-bond acceptors (Lipinski definition) is 3. The Hall–Kier alpha value is -0.835. The van der Waals surface area contributed by atoms with Crippen LogP contribution in [0, 0.1) is 0 Å². The molecule has 1 aromatic carbocycles. The summed E-state index contributed by atoms with van der Waals surface area (Å²) in [7, 11) is 5.70. The molecule has 0 amide bonds. The van der Waals surface area contributed by atoms with Crippen LogP contribution in [0.15, 0.2) is 24.3 Å². The van der Waals surface area contributed by atoms with Crippen LogP contribution in [0.5, 0.6) is 0 Å². The number of piperazine rings is 1. The van der Waals surface area contributed by atoms with Gasteiger partial charge in [-0.3, -0.25) is 4.90 Å². The van der Waals surface area contributed by atoms with Crippen LogP contribution in [-0.4, -0.2) is 62.1 Å². The molecule has 2 radical (unpaired) electrons. The zero-order valence-corrected chi connectivity index (χ0v) is 11.0. The lowest BCUT2D eigenvalue weighted by Gasteiger charge is -2.38. The third-order valence-electron chi connectivity index (χ3n) is 3.79. The van der Waals surface area contributed by atoms with Gasteiger partial charge in [-0.15, -0.1) is 0 Å². The van der Waals surface area contributed by atoms with E-state index in [1.165, 1.54) is 0 Å². The molecular formula is C14H21BN2O. The van der Waals surface area contributed by atoms with Gasteiger partial charge >= 0.3 is 0 Å². The number of aliphatic hydroxyl groups excluding tert-OH is 1. The molecule has 0 aliphatic carbocycles. The van der Waals surface area contributed by atoms with Crippen LogP contribution in [0.2, 0.25) is 0 Å². The summed E-state index contributed by atoms with van der Waals surface area (Å²) in [6.45, 7) is 7.67. The molecule has 1 fully saturated rings. The highest BCUT2D eigenvalue weighted by molar-refractivity contribution is 6.32. The Morgan fingerprint density at radius 1 is 1.17 bits per heavy atom. The Morgan fingerprint density at radius 2 is 1.78 bits per heavy atom. The average molecular weight is 244 g/mol. The van der Waals surface area contributed by atoms with Crippen molar-refractivity contribution in [2.45, 2.75) is 13.0 Å². The maximum absolute atomic E-state index is 9.64. The summed E-state index contributed by atoms with van der Waals surface area (Å²) < 4.78 is 0. The standard InChI is InChI=1S/C14H21BN2O/c1-2-16-7-9-17(10-8-16)14(11-18)12-3-5-13(15)6-4-12/h3-6,14,18H,2,7-11H2,1H3. The van der Waals surface area contributed by atoms with E-state index in [0.717, 1.165) is 43.8 Å². The van der Waals surface area contributed by atoms with Gasteiger partial charge in [0.05, 0.1) is 12.6 Å². The fraction of sp³-hybridized carbons (Fsp3) is 0.571. The lowest BCUT2D eigenvalue weighted by Crippen LogP contribution is -2.48. The highest BCUT2D eigenvalue weighted by Crippen LogP contribution is 2.21. The minimum absolute atomic E-state index is 0.101. The van der Waals surface area contributed by atoms with Crippen LogP contribution in [0.3, 0.4) is 0 Å². The fourth-order valence-electron chi connectivity index (χ4n) is 2.54. The zero-order valence-electron chi connectivity index (χ0n) is 11.0. The lowest BCUT2D eigenvalue weighted by atomic mass is 9.93. The van der Waals surface area contributed by atoms with E-state index in [0.29, 0.717) is 0 Å². The molecule has 1 saturated heterocycles. The second-order valence-electron chi connectivity index (χ2n) is 4.84. The molecular weight excluding hydrogens is 223 g/mol. The number of aliphatic hydroxyl groups is 1. The first-order valence-electron chi connectivity index (χ1n) is 6.67. The van der Waals surface area contributed by atoms with Crippen molar-refractivity contribution in [2.24, 2.45) is 0 Å². The molecule has 1 aliphatic heterocycles. The summed E-state index contributed by atoms with van der Waals surface area (Å²) in [5.74, 6) is 0. The molecule has 1 aliphatic rings. The normalized spacial score (nSPS) is 19.9. The molecule has 1 N–H and O–H groups in total. The van der Waals surface area contributed by atoms with E-state index in [1.807, 2.05) is 24.3 Å². The van der Waals surface area contributed by atoms with E-state index in [-0.39, 0.29) is 12.6 Å². The monoisotopic (exact) mass is 244 g/mol. The van der Waals surface area contributed by atoms with Gasteiger partial charge in [0.1, 0.15) is 7.85 Å². The molecule has 0 spiro atoms. The molecule has 0 bridgehead atoms. The van der Waals surface area contributed by atoms with Crippen molar-refractivity contribution >= 4 is 13.3 Å². The summed E-state index contributed by atoms with van der Waals surface area (Å²) in [5.41, 5.74) is 1.92. The van der Waals surface area contributed by atoms with Gasteiger partial charge < -0.3 is 10.0 Å². The molecule has 1 heterocycles. The van der Waals surface area contributed by atoms with Crippen LogP contribution in [0.25, 0.3) is 0 Å². The molecule has 4 heteroatoms. The maximum Gasteiger partial charge on any atom is 0.113 e. The van der Waals surface area contributed by atoms with Crippen LogP contribution < -0.4 is 5.46 Å². The third-order valence-corrected chi connectivity index (χ3v) is 3.79. The van der Waals surface area contributed by atoms with Crippen molar-refractivity contribution in [3.05, 3.63) is 29.8 Å². The lowest BCUT2D eigenvalue weighted by molar-refractivity contribution is 0.0672. The molecule has 0 saturated carbocycles. The van der Waals surface area contributed by atoms with Crippen LogP contribution >= 0.6 is 0 Å². The molecule has 1 aromatic rings. The van der Waals surface area contributed by atoms with Crippen LogP contribution in [-0.2, 0) is 0 Å². The number of benzene rings is 1. The van der Waals surface area contributed by atoms with E-state index in [2.05, 4.69) is 16.7 Å². The van der Waals surface area contributed by atoms with Crippen molar-refractivity contribution in [1.29, 1.82) is 0 Å². The Balaban J connectivity index is 2.03. The van der Waals surface area contributed by atoms with Crippen molar-refractivity contribution in [1.82, 2.24) is 9.80 Å². The minimum atomic E-state index is 0.101. The Bertz CT molecular complexity index is 361. The average Bonchev–Trinajstić information content (AvgIpc) is 2.42. The second kappa shape index (κ2) is 6.37. The smallest absolute Gasteiger partial charge is 0.113 e. The Labute approximate surface area is 111 Å². The largest absolute Gasteiger partial charge is 0.394 e. The van der Waals surface area contributed by atoms with E-state index in [4.69, 9.17) is 7.85 Å². The number of nitrogens with zero attached hydrogens (tertiary/aromatic N) is 2. The van der Waals surface area contributed by atoms with Gasteiger partial charge in [0, 0.05) is 26.2 Å². The van der Waals surface area contributed by atoms with E-state index in [1.54, 1.807) is 0 Å². The summed E-state index contributed by atoms with van der Waals surface area (Å²) in [6, 6.07) is 7.94. The molecule has 1 atom stereocenters. The van der Waals surface area contributed by atoms with Crippen molar-refractivity contribution in [2.75, 3.05) is 39.3 Å². The van der Waals surface area contributed by atoms with Gasteiger partial charge in [-0.05, 0) is 12.1 Å². The maximum atomic E-state index is 9.64. The van der Waals surface area contributed by atoms with Crippen molar-refractivity contribution in [3.8, 4) is 0 Å². The highest BCUT2D eigenvalue weighted by atomic mass is 16.3. The van der Waals surface area contributed by atoms with Crippen LogP contribution in [0.4, 0.5) is 0 Å². The predicted molar refractivity (Wildman–Crippen MR) is 75.3 cm³/mol. The van der Waals surface area contributed by atoms with Crippen molar-refractivity contribution in [3.63, 3.8) is 0 Å². The summed E-state index contributed by atoms with van der Waals surface area (Å²) in [5, 5.41) is 9.64. The third kappa shape index (κ3) is 3.13. The van der Waals surface area contributed by atoms with Gasteiger partial charge in [0.2, 0.25) is 0 Å². The van der Waals surface area contributed by atoms with E-state index in [9.17, 15) is 5.11 Å². The first-order chi connectivity index (χ1) is 8.74. The number of rotatable bonds is 4. The van der Waals surface area contributed by atoms with Gasteiger partial charge in [-0.2, -0.15) is 0 Å². The highest BCUT2D eigenvalue weighted by Gasteiger charge is 2.23. The van der Waals surface area contributed by atoms with Gasteiger partial charge in [0.25, 0.3) is 0 Å². The molecule has 0 aromatic heterocycles. The van der Waals surface area contributed by atoms with E-state index >= 15 is 0 Å². The van der Waals surface area contributed by atoms with Crippen molar-refractivity contribution < 1.29 is 5.11 Å². The number of likely N-dealkylation sites (N-methyl/N-ethyl adjacent to an activating group) is 1. The molecule has 18 heavy (non-hydrogen) atoms. The first kappa shape index (κ1) is 13.6. The zero-order chi connectivity index (χ0) is 13.0. The second-order valence-corrected chi connectivity index (χ2v) is 4.84. The fourth-order valence-corrected chi connectivity index (χ4v) is 2.54. The molecule has 1 unspecified atom stereocenters. The summed E-state index contributed by atoms with van der Waals surface area (Å²) in [4.78, 5) is 4.80. The molecule has 96 valence electrons. The SMILES string of the molecule is [B]c1ccc(C(CO)N2CCN(CC)CC2)cc1. The van der Waals surface area contributed by atoms with Crippen LogP contribution in [0.1, 0.15) is 18.5 Å². The minimum Gasteiger partial charge on any atom is -0.394 e. The number of hydrogen-bond donors (Lipinski definition) is 1. The quantitative estimate of drug-likeness (QED) is 0.764. The first-order valence-corrected chi connectivity index (χ1v) is 6.67. The van der Waals surface area contributed by atoms with Gasteiger partial charge in [-0.25, -0.2) is 0 Å². The molecule has 3 nitrogen and oxygen atoms in total. The van der Waals surface area contributed by atoms with Gasteiger partial charge in [-0.1, -0.05) is 36.7 Å². The predicted octanol–water partition coefficient (Wildman–Crippen LogP) is 0.151. The van der Waals surface area contributed by atoms with E-state index < -0.39 is 0 Å². The summed E-state index contributed by atoms with van der Waals surface area (Å²) >= 11 is 0. The molecule has 2 rings (SSSR count). The summed E-state index contributed by atoms with van der Waals surface area (Å²) in [6.07, 6.45) is 0.